The van der Waals surface area contributed by atoms with Gasteiger partial charge in [-0.25, -0.2) is 4.98 Å². The summed E-state index contributed by atoms with van der Waals surface area (Å²) in [5.41, 5.74) is 5.88. The van der Waals surface area contributed by atoms with Crippen molar-refractivity contribution in [3.63, 3.8) is 0 Å². The van der Waals surface area contributed by atoms with Gasteiger partial charge in [-0.2, -0.15) is 4.99 Å². The van der Waals surface area contributed by atoms with E-state index in [9.17, 15) is 4.79 Å². The molecule has 1 aliphatic rings. The molecule has 0 aliphatic carbocycles. The van der Waals surface area contributed by atoms with Gasteiger partial charge in [0.2, 0.25) is 6.10 Å². The van der Waals surface area contributed by atoms with E-state index in [2.05, 4.69) is 30.7 Å². The maximum absolute atomic E-state index is 11.4. The van der Waals surface area contributed by atoms with Crippen molar-refractivity contribution in [3.05, 3.63) is 16.1 Å². The topological polar surface area (TPSA) is 77.6 Å². The van der Waals surface area contributed by atoms with Gasteiger partial charge in [-0.15, -0.1) is 11.3 Å². The van der Waals surface area contributed by atoms with Crippen LogP contribution in [0.15, 0.2) is 10.4 Å². The van der Waals surface area contributed by atoms with Crippen LogP contribution in [0.25, 0.3) is 0 Å². The average molecular weight is 239 g/mol. The van der Waals surface area contributed by atoms with E-state index >= 15 is 0 Å². The van der Waals surface area contributed by atoms with E-state index in [1.807, 2.05) is 5.38 Å². The van der Waals surface area contributed by atoms with Crippen molar-refractivity contribution in [2.45, 2.75) is 32.3 Å². The molecule has 1 unspecified atom stereocenters. The summed E-state index contributed by atoms with van der Waals surface area (Å²) in [7, 11) is 0. The van der Waals surface area contributed by atoms with Gasteiger partial charge in [-0.05, 0) is 0 Å². The standard InChI is InChI=1S/C10H13N3O2S/c1-10(2,3)8-12-5(4-16-8)6-7(14)13-9(11)15-6/h4,6H,1-3H3,(H2,11,13,14). The molecule has 1 amide bonds. The first-order valence-corrected chi connectivity index (χ1v) is 5.76. The van der Waals surface area contributed by atoms with Crippen LogP contribution in [0.1, 0.15) is 37.6 Å². The molecule has 0 fully saturated rings. The Morgan fingerprint density at radius 3 is 2.62 bits per heavy atom. The van der Waals surface area contributed by atoms with Crippen LogP contribution in [-0.2, 0) is 14.9 Å². The number of rotatable bonds is 1. The van der Waals surface area contributed by atoms with E-state index in [1.54, 1.807) is 0 Å². The number of aliphatic imine (C=N–C) groups is 1. The van der Waals surface area contributed by atoms with Crippen molar-refractivity contribution in [2.24, 2.45) is 10.7 Å². The van der Waals surface area contributed by atoms with Crippen LogP contribution >= 0.6 is 11.3 Å². The monoisotopic (exact) mass is 239 g/mol. The van der Waals surface area contributed by atoms with Gasteiger partial charge in [-0.3, -0.25) is 4.79 Å². The summed E-state index contributed by atoms with van der Waals surface area (Å²) in [6.45, 7) is 6.20. The number of carbonyl (C=O) groups excluding carboxylic acids is 1. The Morgan fingerprint density at radius 2 is 2.19 bits per heavy atom. The molecular weight excluding hydrogens is 226 g/mol. The zero-order valence-electron chi connectivity index (χ0n) is 9.35. The highest BCUT2D eigenvalue weighted by molar-refractivity contribution is 7.09. The maximum atomic E-state index is 11.4. The number of ether oxygens (including phenoxy) is 1. The van der Waals surface area contributed by atoms with Gasteiger partial charge >= 0.3 is 0 Å². The third-order valence-corrected chi connectivity index (χ3v) is 3.40. The lowest BCUT2D eigenvalue weighted by Crippen LogP contribution is -2.15. The molecule has 86 valence electrons. The van der Waals surface area contributed by atoms with Crippen LogP contribution in [0.4, 0.5) is 0 Å². The zero-order valence-corrected chi connectivity index (χ0v) is 10.2. The molecule has 0 spiro atoms. The molecule has 0 radical (unpaired) electrons. The molecule has 0 saturated carbocycles. The second-order valence-electron chi connectivity index (χ2n) is 4.61. The first-order chi connectivity index (χ1) is 7.38. The predicted octanol–water partition coefficient (Wildman–Crippen LogP) is 1.35. The Hall–Kier alpha value is -1.43. The van der Waals surface area contributed by atoms with E-state index in [0.717, 1.165) is 5.01 Å². The molecule has 0 bridgehead atoms. The molecule has 2 rings (SSSR count). The van der Waals surface area contributed by atoms with E-state index in [-0.39, 0.29) is 17.3 Å². The minimum atomic E-state index is -0.757. The van der Waals surface area contributed by atoms with E-state index in [1.165, 1.54) is 11.3 Å². The molecule has 16 heavy (non-hydrogen) atoms. The highest BCUT2D eigenvalue weighted by atomic mass is 32.1. The number of amides is 1. The zero-order chi connectivity index (χ0) is 11.9. The van der Waals surface area contributed by atoms with Crippen molar-refractivity contribution >= 4 is 23.3 Å². The van der Waals surface area contributed by atoms with Gasteiger partial charge in [0, 0.05) is 10.8 Å². The van der Waals surface area contributed by atoms with Gasteiger partial charge in [0.1, 0.15) is 5.69 Å². The Balaban J connectivity index is 2.24. The van der Waals surface area contributed by atoms with Crippen molar-refractivity contribution in [3.8, 4) is 0 Å². The number of aromatic nitrogens is 1. The molecule has 6 heteroatoms. The molecule has 2 heterocycles. The lowest BCUT2D eigenvalue weighted by molar-refractivity contribution is -0.123. The third-order valence-electron chi connectivity index (χ3n) is 2.12. The SMILES string of the molecule is CC(C)(C)c1nc(C2OC(N)=NC2=O)cs1. The first-order valence-electron chi connectivity index (χ1n) is 4.88. The van der Waals surface area contributed by atoms with Crippen LogP contribution < -0.4 is 5.73 Å². The second-order valence-corrected chi connectivity index (χ2v) is 5.47. The molecule has 1 aromatic rings. The molecule has 0 saturated heterocycles. The summed E-state index contributed by atoms with van der Waals surface area (Å²) in [4.78, 5) is 19.3. The Morgan fingerprint density at radius 1 is 1.50 bits per heavy atom. The number of hydrogen-bond donors (Lipinski definition) is 1. The van der Waals surface area contributed by atoms with Crippen LogP contribution in [0.2, 0.25) is 0 Å². The largest absolute Gasteiger partial charge is 0.445 e. The van der Waals surface area contributed by atoms with Crippen LogP contribution in [-0.4, -0.2) is 16.9 Å². The summed E-state index contributed by atoms with van der Waals surface area (Å²) < 4.78 is 5.11. The fourth-order valence-corrected chi connectivity index (χ4v) is 2.22. The van der Waals surface area contributed by atoms with Crippen LogP contribution in [0.5, 0.6) is 0 Å². The summed E-state index contributed by atoms with van der Waals surface area (Å²) in [5.74, 6) is -0.386. The quantitative estimate of drug-likeness (QED) is 0.802. The second kappa shape index (κ2) is 3.55. The van der Waals surface area contributed by atoms with E-state index < -0.39 is 6.10 Å². The van der Waals surface area contributed by atoms with E-state index in [4.69, 9.17) is 10.5 Å². The normalized spacial score (nSPS) is 20.8. The summed E-state index contributed by atoms with van der Waals surface area (Å²) in [5, 5.41) is 2.78. The molecule has 2 N–H and O–H groups in total. The lowest BCUT2D eigenvalue weighted by atomic mass is 9.98. The predicted molar refractivity (Wildman–Crippen MR) is 61.3 cm³/mol. The summed E-state index contributed by atoms with van der Waals surface area (Å²) in [6, 6.07) is -0.0830. The number of amidine groups is 1. The Kier molecular flexibility index (Phi) is 2.46. The number of hydrogen-bond acceptors (Lipinski definition) is 5. The molecule has 0 aromatic carbocycles. The Bertz CT molecular complexity index is 459. The van der Waals surface area contributed by atoms with Crippen molar-refractivity contribution in [1.82, 2.24) is 4.98 Å². The smallest absolute Gasteiger partial charge is 0.297 e. The first kappa shape index (κ1) is 11.1. The molecule has 1 aliphatic heterocycles. The summed E-state index contributed by atoms with van der Waals surface area (Å²) in [6.07, 6.45) is -0.757. The van der Waals surface area contributed by atoms with E-state index in [0.29, 0.717) is 5.69 Å². The average Bonchev–Trinajstić information content (AvgIpc) is 2.70. The van der Waals surface area contributed by atoms with Gasteiger partial charge in [0.05, 0.1) is 5.01 Å². The fraction of sp³-hybridized carbons (Fsp3) is 0.500. The summed E-state index contributed by atoms with van der Waals surface area (Å²) >= 11 is 1.51. The molecule has 1 aromatic heterocycles. The van der Waals surface area contributed by atoms with Crippen molar-refractivity contribution in [2.75, 3.05) is 0 Å². The van der Waals surface area contributed by atoms with Gasteiger partial charge in [-0.1, -0.05) is 20.8 Å². The highest BCUT2D eigenvalue weighted by Crippen LogP contribution is 2.30. The molecule has 5 nitrogen and oxygen atoms in total. The molecule has 1 atom stereocenters. The third kappa shape index (κ3) is 1.92. The van der Waals surface area contributed by atoms with Gasteiger partial charge < -0.3 is 10.5 Å². The van der Waals surface area contributed by atoms with Crippen LogP contribution in [0.3, 0.4) is 0 Å². The highest BCUT2D eigenvalue weighted by Gasteiger charge is 2.32. The maximum Gasteiger partial charge on any atom is 0.297 e. The van der Waals surface area contributed by atoms with Gasteiger partial charge in [0.25, 0.3) is 11.9 Å². The fourth-order valence-electron chi connectivity index (χ4n) is 1.30. The minimum Gasteiger partial charge on any atom is -0.445 e. The minimum absolute atomic E-state index is 0.0308. The number of carbonyl (C=O) groups is 1. The lowest BCUT2D eigenvalue weighted by Gasteiger charge is -2.13. The molecular formula is C10H13N3O2S. The number of nitrogens with zero attached hydrogens (tertiary/aromatic N) is 2. The van der Waals surface area contributed by atoms with Crippen molar-refractivity contribution < 1.29 is 9.53 Å². The van der Waals surface area contributed by atoms with Crippen molar-refractivity contribution in [1.29, 1.82) is 0 Å². The van der Waals surface area contributed by atoms with Crippen LogP contribution in [0, 0.1) is 0 Å². The number of nitrogens with two attached hydrogens (primary N) is 1. The Labute approximate surface area is 97.4 Å². The number of thiazole rings is 1. The van der Waals surface area contributed by atoms with Gasteiger partial charge in [0.15, 0.2) is 0 Å².